The number of hydrogen-bond donors (Lipinski definition) is 2. The summed E-state index contributed by atoms with van der Waals surface area (Å²) in [6.45, 7) is 3.54. The van der Waals surface area contributed by atoms with Crippen LogP contribution in [0.2, 0.25) is 0 Å². The zero-order valence-corrected chi connectivity index (χ0v) is 11.8. The third kappa shape index (κ3) is 4.20. The summed E-state index contributed by atoms with van der Waals surface area (Å²) in [5, 5.41) is 19.4. The van der Waals surface area contributed by atoms with Crippen molar-refractivity contribution in [2.75, 3.05) is 27.2 Å². The number of rotatable bonds is 4. The maximum Gasteiger partial charge on any atom is 0.120 e. The van der Waals surface area contributed by atoms with Gasteiger partial charge in [-0.1, -0.05) is 6.07 Å². The fourth-order valence-corrected chi connectivity index (χ4v) is 2.54. The van der Waals surface area contributed by atoms with E-state index in [2.05, 4.69) is 15.9 Å². The van der Waals surface area contributed by atoms with E-state index in [1.165, 1.54) is 5.56 Å². The summed E-state index contributed by atoms with van der Waals surface area (Å²) in [6, 6.07) is 5.85. The Bertz CT molecular complexity index is 413. The van der Waals surface area contributed by atoms with Crippen molar-refractivity contribution in [3.8, 4) is 5.75 Å². The van der Waals surface area contributed by atoms with E-state index in [-0.39, 0.29) is 6.10 Å². The van der Waals surface area contributed by atoms with Crippen molar-refractivity contribution in [1.29, 1.82) is 0 Å². The molecule has 1 aliphatic heterocycles. The van der Waals surface area contributed by atoms with Gasteiger partial charge < -0.3 is 15.1 Å². The van der Waals surface area contributed by atoms with Gasteiger partial charge in [-0.2, -0.15) is 0 Å². The number of hydrogen-bond acceptors (Lipinski definition) is 4. The first-order valence-electron chi connectivity index (χ1n) is 6.90. The van der Waals surface area contributed by atoms with Crippen LogP contribution in [0.25, 0.3) is 0 Å². The molecule has 0 aliphatic carbocycles. The molecular weight excluding hydrogens is 240 g/mol. The third-order valence-corrected chi connectivity index (χ3v) is 3.59. The van der Waals surface area contributed by atoms with E-state index in [1.807, 2.05) is 20.2 Å². The number of aromatic hydroxyl groups is 1. The number of piperidine rings is 1. The Balaban J connectivity index is 2.00. The minimum atomic E-state index is -0.125. The summed E-state index contributed by atoms with van der Waals surface area (Å²) in [5.74, 6) is 0.367. The van der Waals surface area contributed by atoms with Gasteiger partial charge in [-0.15, -0.1) is 0 Å². The molecule has 4 heteroatoms. The highest BCUT2D eigenvalue weighted by atomic mass is 16.3. The lowest BCUT2D eigenvalue weighted by Crippen LogP contribution is -2.35. The van der Waals surface area contributed by atoms with Crippen LogP contribution in [0.4, 0.5) is 0 Å². The number of aliphatic hydroxyl groups is 1. The fraction of sp³-hybridized carbons (Fsp3) is 0.600. The topological polar surface area (TPSA) is 46.9 Å². The average molecular weight is 264 g/mol. The highest BCUT2D eigenvalue weighted by Gasteiger charge is 2.17. The third-order valence-electron chi connectivity index (χ3n) is 3.59. The molecule has 106 valence electrons. The molecule has 0 unspecified atom stereocenters. The lowest BCUT2D eigenvalue weighted by atomic mass is 10.1. The van der Waals surface area contributed by atoms with E-state index in [9.17, 15) is 10.2 Å². The Kier molecular flexibility index (Phi) is 4.80. The first kappa shape index (κ1) is 14.3. The Hall–Kier alpha value is -1.10. The van der Waals surface area contributed by atoms with Crippen LogP contribution >= 0.6 is 0 Å². The molecule has 1 saturated heterocycles. The fourth-order valence-electron chi connectivity index (χ4n) is 2.54. The van der Waals surface area contributed by atoms with Crippen LogP contribution in [0.15, 0.2) is 18.2 Å². The molecule has 0 radical (unpaired) electrons. The molecule has 0 saturated carbocycles. The first-order chi connectivity index (χ1) is 9.04. The van der Waals surface area contributed by atoms with Crippen LogP contribution in [0.5, 0.6) is 5.75 Å². The molecule has 0 atom stereocenters. The van der Waals surface area contributed by atoms with Gasteiger partial charge in [0.15, 0.2) is 0 Å². The highest BCUT2D eigenvalue weighted by Crippen LogP contribution is 2.21. The maximum atomic E-state index is 9.85. The predicted octanol–water partition coefficient (Wildman–Crippen LogP) is 1.41. The molecule has 1 fully saturated rings. The number of phenolic OH excluding ortho intramolecular Hbond substituents is 1. The molecule has 1 aromatic rings. The monoisotopic (exact) mass is 264 g/mol. The molecule has 19 heavy (non-hydrogen) atoms. The average Bonchev–Trinajstić information content (AvgIpc) is 2.36. The summed E-state index contributed by atoms with van der Waals surface area (Å²) in [7, 11) is 4.00. The van der Waals surface area contributed by atoms with Gasteiger partial charge in [0.2, 0.25) is 0 Å². The van der Waals surface area contributed by atoms with Gasteiger partial charge in [-0.3, -0.25) is 4.90 Å². The molecule has 0 spiro atoms. The van der Waals surface area contributed by atoms with Crippen molar-refractivity contribution >= 4 is 0 Å². The summed E-state index contributed by atoms with van der Waals surface area (Å²) < 4.78 is 0. The molecule has 0 aromatic heterocycles. The number of benzene rings is 1. The Morgan fingerprint density at radius 2 is 1.95 bits per heavy atom. The second-order valence-electron chi connectivity index (χ2n) is 5.71. The van der Waals surface area contributed by atoms with Crippen LogP contribution in [0, 0.1) is 0 Å². The largest absolute Gasteiger partial charge is 0.508 e. The number of likely N-dealkylation sites (tertiary alicyclic amines) is 1. The van der Waals surface area contributed by atoms with Crippen LogP contribution in [-0.4, -0.2) is 53.3 Å². The van der Waals surface area contributed by atoms with Gasteiger partial charge in [0.1, 0.15) is 5.75 Å². The van der Waals surface area contributed by atoms with Gasteiger partial charge in [0.25, 0.3) is 0 Å². The molecule has 0 bridgehead atoms. The smallest absolute Gasteiger partial charge is 0.120 e. The SMILES string of the molecule is CN(C)Cc1cc(CN2CCC(O)CC2)ccc1O. The Morgan fingerprint density at radius 1 is 1.26 bits per heavy atom. The number of phenols is 1. The van der Waals surface area contributed by atoms with Gasteiger partial charge in [-0.05, 0) is 44.6 Å². The maximum absolute atomic E-state index is 9.85. The zero-order chi connectivity index (χ0) is 13.8. The van der Waals surface area contributed by atoms with Gasteiger partial charge in [0, 0.05) is 31.7 Å². The van der Waals surface area contributed by atoms with Crippen molar-refractivity contribution in [2.45, 2.75) is 32.0 Å². The molecule has 2 rings (SSSR count). The zero-order valence-electron chi connectivity index (χ0n) is 11.8. The first-order valence-corrected chi connectivity index (χ1v) is 6.90. The van der Waals surface area contributed by atoms with E-state index in [4.69, 9.17) is 0 Å². The van der Waals surface area contributed by atoms with E-state index in [1.54, 1.807) is 6.07 Å². The van der Waals surface area contributed by atoms with Crippen LogP contribution in [0.3, 0.4) is 0 Å². The number of nitrogens with zero attached hydrogens (tertiary/aromatic N) is 2. The quantitative estimate of drug-likeness (QED) is 0.863. The number of aliphatic hydroxyl groups excluding tert-OH is 1. The van der Waals surface area contributed by atoms with Crippen LogP contribution in [-0.2, 0) is 13.1 Å². The van der Waals surface area contributed by atoms with Crippen molar-refractivity contribution in [1.82, 2.24) is 9.80 Å². The molecular formula is C15H24N2O2. The van der Waals surface area contributed by atoms with E-state index >= 15 is 0 Å². The van der Waals surface area contributed by atoms with Gasteiger partial charge in [-0.25, -0.2) is 0 Å². The molecule has 1 heterocycles. The second-order valence-corrected chi connectivity index (χ2v) is 5.71. The minimum Gasteiger partial charge on any atom is -0.508 e. The van der Waals surface area contributed by atoms with Gasteiger partial charge in [0.05, 0.1) is 6.10 Å². The molecule has 1 aliphatic rings. The van der Waals surface area contributed by atoms with E-state index in [0.29, 0.717) is 5.75 Å². The molecule has 2 N–H and O–H groups in total. The highest BCUT2D eigenvalue weighted by molar-refractivity contribution is 5.36. The minimum absolute atomic E-state index is 0.125. The van der Waals surface area contributed by atoms with E-state index in [0.717, 1.165) is 44.6 Å². The van der Waals surface area contributed by atoms with Crippen molar-refractivity contribution < 1.29 is 10.2 Å². The van der Waals surface area contributed by atoms with Gasteiger partial charge >= 0.3 is 0 Å². The summed E-state index contributed by atoms with van der Waals surface area (Å²) in [6.07, 6.45) is 1.60. The molecule has 4 nitrogen and oxygen atoms in total. The summed E-state index contributed by atoms with van der Waals surface area (Å²) in [4.78, 5) is 4.41. The summed E-state index contributed by atoms with van der Waals surface area (Å²) >= 11 is 0. The normalized spacial score (nSPS) is 18.1. The molecule has 0 amide bonds. The standard InChI is InChI=1S/C15H24N2O2/c1-16(2)11-13-9-12(3-4-15(13)19)10-17-7-5-14(18)6-8-17/h3-4,9,14,18-19H,5-8,10-11H2,1-2H3. The van der Waals surface area contributed by atoms with Crippen molar-refractivity contribution in [3.63, 3.8) is 0 Å². The Labute approximate surface area is 115 Å². The summed E-state index contributed by atoms with van der Waals surface area (Å²) in [5.41, 5.74) is 2.20. The van der Waals surface area contributed by atoms with Crippen LogP contribution < -0.4 is 0 Å². The van der Waals surface area contributed by atoms with Crippen molar-refractivity contribution in [2.24, 2.45) is 0 Å². The van der Waals surface area contributed by atoms with E-state index < -0.39 is 0 Å². The second kappa shape index (κ2) is 6.37. The molecule has 1 aromatic carbocycles. The van der Waals surface area contributed by atoms with Crippen LogP contribution in [0.1, 0.15) is 24.0 Å². The Morgan fingerprint density at radius 3 is 2.58 bits per heavy atom. The lowest BCUT2D eigenvalue weighted by molar-refractivity contribution is 0.0792. The van der Waals surface area contributed by atoms with Crippen molar-refractivity contribution in [3.05, 3.63) is 29.3 Å². The predicted molar refractivity (Wildman–Crippen MR) is 76.0 cm³/mol. The lowest BCUT2D eigenvalue weighted by Gasteiger charge is -2.29.